The van der Waals surface area contributed by atoms with Crippen molar-refractivity contribution in [3.63, 3.8) is 0 Å². The SMILES string of the molecule is OCCC#CCN1CC1. The van der Waals surface area contributed by atoms with E-state index in [0.717, 1.165) is 6.54 Å². The Morgan fingerprint density at radius 2 is 2.11 bits per heavy atom. The fraction of sp³-hybridized carbons (Fsp3) is 0.714. The number of nitrogens with zero attached hydrogens (tertiary/aromatic N) is 1. The predicted octanol–water partition coefficient (Wildman–Crippen LogP) is -0.312. The van der Waals surface area contributed by atoms with Gasteiger partial charge >= 0.3 is 0 Å². The molecular weight excluding hydrogens is 114 g/mol. The molecular formula is C7H11NO. The zero-order valence-electron chi connectivity index (χ0n) is 5.43. The van der Waals surface area contributed by atoms with Crippen molar-refractivity contribution in [1.82, 2.24) is 4.90 Å². The molecule has 0 amide bonds. The van der Waals surface area contributed by atoms with Gasteiger partial charge in [-0.15, -0.1) is 0 Å². The second kappa shape index (κ2) is 3.49. The van der Waals surface area contributed by atoms with Crippen LogP contribution in [-0.4, -0.2) is 36.2 Å². The highest BCUT2D eigenvalue weighted by Crippen LogP contribution is 1.99. The summed E-state index contributed by atoms with van der Waals surface area (Å²) in [7, 11) is 0. The molecule has 1 N–H and O–H groups in total. The van der Waals surface area contributed by atoms with Crippen LogP contribution in [-0.2, 0) is 0 Å². The Labute approximate surface area is 55.5 Å². The third-order valence-electron chi connectivity index (χ3n) is 1.20. The zero-order valence-corrected chi connectivity index (χ0v) is 5.43. The largest absolute Gasteiger partial charge is 0.395 e. The van der Waals surface area contributed by atoms with Gasteiger partial charge in [0.15, 0.2) is 0 Å². The van der Waals surface area contributed by atoms with E-state index < -0.39 is 0 Å². The normalized spacial score (nSPS) is 16.6. The molecule has 0 spiro atoms. The van der Waals surface area contributed by atoms with Crippen LogP contribution in [0.4, 0.5) is 0 Å². The molecule has 2 nitrogen and oxygen atoms in total. The lowest BCUT2D eigenvalue weighted by Crippen LogP contribution is -1.94. The number of aliphatic hydroxyl groups is 1. The molecule has 9 heavy (non-hydrogen) atoms. The average Bonchev–Trinajstić information content (AvgIpc) is 2.63. The van der Waals surface area contributed by atoms with Crippen LogP contribution in [0, 0.1) is 11.8 Å². The van der Waals surface area contributed by atoms with E-state index in [9.17, 15) is 0 Å². The molecule has 50 valence electrons. The van der Waals surface area contributed by atoms with E-state index in [2.05, 4.69) is 16.7 Å². The maximum absolute atomic E-state index is 8.33. The first-order valence-corrected chi connectivity index (χ1v) is 3.22. The van der Waals surface area contributed by atoms with Gasteiger partial charge in [0.25, 0.3) is 0 Å². The van der Waals surface area contributed by atoms with E-state index >= 15 is 0 Å². The Bertz CT molecular complexity index is 130. The fourth-order valence-electron chi connectivity index (χ4n) is 0.541. The molecule has 0 atom stereocenters. The molecule has 0 saturated carbocycles. The van der Waals surface area contributed by atoms with E-state index in [0.29, 0.717) is 6.42 Å². The van der Waals surface area contributed by atoms with Gasteiger partial charge in [0.05, 0.1) is 13.2 Å². The van der Waals surface area contributed by atoms with E-state index in [1.165, 1.54) is 13.1 Å². The van der Waals surface area contributed by atoms with Crippen molar-refractivity contribution in [3.8, 4) is 11.8 Å². The minimum atomic E-state index is 0.188. The lowest BCUT2D eigenvalue weighted by molar-refractivity contribution is 0.305. The van der Waals surface area contributed by atoms with Gasteiger partial charge in [-0.3, -0.25) is 4.90 Å². The van der Waals surface area contributed by atoms with E-state index in [-0.39, 0.29) is 6.61 Å². The van der Waals surface area contributed by atoms with Crippen LogP contribution >= 0.6 is 0 Å². The first kappa shape index (κ1) is 6.60. The quantitative estimate of drug-likeness (QED) is 0.404. The summed E-state index contributed by atoms with van der Waals surface area (Å²) < 4.78 is 0. The Morgan fingerprint density at radius 1 is 1.33 bits per heavy atom. The summed E-state index contributed by atoms with van der Waals surface area (Å²) in [5, 5.41) is 8.33. The third kappa shape index (κ3) is 3.12. The van der Waals surface area contributed by atoms with Gasteiger partial charge in [-0.2, -0.15) is 0 Å². The smallest absolute Gasteiger partial charge is 0.0602 e. The van der Waals surface area contributed by atoms with Crippen molar-refractivity contribution in [2.24, 2.45) is 0 Å². The third-order valence-corrected chi connectivity index (χ3v) is 1.20. The zero-order chi connectivity index (χ0) is 6.53. The van der Waals surface area contributed by atoms with E-state index in [1.807, 2.05) is 0 Å². The van der Waals surface area contributed by atoms with Crippen molar-refractivity contribution in [1.29, 1.82) is 0 Å². The van der Waals surface area contributed by atoms with Crippen molar-refractivity contribution >= 4 is 0 Å². The Balaban J connectivity index is 1.95. The molecule has 0 unspecified atom stereocenters. The molecule has 1 fully saturated rings. The Kier molecular flexibility index (Phi) is 2.56. The highest BCUT2D eigenvalue weighted by molar-refractivity contribution is 5.02. The van der Waals surface area contributed by atoms with Crippen molar-refractivity contribution in [3.05, 3.63) is 0 Å². The molecule has 0 aromatic rings. The van der Waals surface area contributed by atoms with Gasteiger partial charge in [-0.05, 0) is 0 Å². The van der Waals surface area contributed by atoms with Gasteiger partial charge in [0, 0.05) is 19.5 Å². The summed E-state index contributed by atoms with van der Waals surface area (Å²) in [5.74, 6) is 5.83. The molecule has 1 aliphatic rings. The van der Waals surface area contributed by atoms with Gasteiger partial charge < -0.3 is 5.11 Å². The molecule has 0 aromatic carbocycles. The van der Waals surface area contributed by atoms with Crippen LogP contribution in [0.5, 0.6) is 0 Å². The minimum absolute atomic E-state index is 0.188. The molecule has 0 aromatic heterocycles. The van der Waals surface area contributed by atoms with Crippen LogP contribution in [0.25, 0.3) is 0 Å². The minimum Gasteiger partial charge on any atom is -0.395 e. The summed E-state index contributed by atoms with van der Waals surface area (Å²) in [4.78, 5) is 2.24. The highest BCUT2D eigenvalue weighted by atomic mass is 16.2. The van der Waals surface area contributed by atoms with Crippen LogP contribution in [0.15, 0.2) is 0 Å². The molecule has 1 heterocycles. The number of aliphatic hydroxyl groups excluding tert-OH is 1. The maximum Gasteiger partial charge on any atom is 0.0602 e. The Morgan fingerprint density at radius 3 is 2.67 bits per heavy atom. The number of hydrogen-bond acceptors (Lipinski definition) is 2. The van der Waals surface area contributed by atoms with E-state index in [1.54, 1.807) is 0 Å². The van der Waals surface area contributed by atoms with Crippen molar-refractivity contribution < 1.29 is 5.11 Å². The molecule has 1 aliphatic heterocycles. The maximum atomic E-state index is 8.33. The molecule has 1 saturated heterocycles. The van der Waals surface area contributed by atoms with Crippen molar-refractivity contribution in [2.75, 3.05) is 26.2 Å². The van der Waals surface area contributed by atoms with Crippen LogP contribution < -0.4 is 0 Å². The molecule has 1 rings (SSSR count). The van der Waals surface area contributed by atoms with Gasteiger partial charge in [0.2, 0.25) is 0 Å². The summed E-state index contributed by atoms with van der Waals surface area (Å²) in [6.45, 7) is 3.48. The predicted molar refractivity (Wildman–Crippen MR) is 35.9 cm³/mol. The first-order valence-electron chi connectivity index (χ1n) is 3.22. The van der Waals surface area contributed by atoms with Crippen LogP contribution in [0.2, 0.25) is 0 Å². The van der Waals surface area contributed by atoms with Gasteiger partial charge in [-0.1, -0.05) is 11.8 Å². The monoisotopic (exact) mass is 125 g/mol. The Hall–Kier alpha value is -0.520. The first-order chi connectivity index (χ1) is 4.43. The fourth-order valence-corrected chi connectivity index (χ4v) is 0.541. The average molecular weight is 125 g/mol. The summed E-state index contributed by atoms with van der Waals surface area (Å²) >= 11 is 0. The second-order valence-corrected chi connectivity index (χ2v) is 2.10. The lowest BCUT2D eigenvalue weighted by atomic mass is 10.4. The second-order valence-electron chi connectivity index (χ2n) is 2.10. The number of hydrogen-bond donors (Lipinski definition) is 1. The van der Waals surface area contributed by atoms with Gasteiger partial charge in [-0.25, -0.2) is 0 Å². The van der Waals surface area contributed by atoms with Gasteiger partial charge in [0.1, 0.15) is 0 Å². The summed E-state index contributed by atoms with van der Waals surface area (Å²) in [5.41, 5.74) is 0. The highest BCUT2D eigenvalue weighted by Gasteiger charge is 2.13. The lowest BCUT2D eigenvalue weighted by Gasteiger charge is -1.85. The summed E-state index contributed by atoms with van der Waals surface area (Å²) in [6, 6.07) is 0. The van der Waals surface area contributed by atoms with Crippen molar-refractivity contribution in [2.45, 2.75) is 6.42 Å². The van der Waals surface area contributed by atoms with Crippen LogP contribution in [0.3, 0.4) is 0 Å². The molecule has 0 aliphatic carbocycles. The molecule has 2 heteroatoms. The standard InChI is InChI=1S/C7H11NO/c9-7-3-1-2-4-8-5-6-8/h9H,3-7H2. The van der Waals surface area contributed by atoms with E-state index in [4.69, 9.17) is 5.11 Å². The summed E-state index contributed by atoms with van der Waals surface area (Å²) in [6.07, 6.45) is 0.619. The topological polar surface area (TPSA) is 23.2 Å². The molecule has 0 radical (unpaired) electrons. The molecule has 0 bridgehead atoms. The number of rotatable bonds is 2. The van der Waals surface area contributed by atoms with Crippen LogP contribution in [0.1, 0.15) is 6.42 Å².